The van der Waals surface area contributed by atoms with E-state index >= 15 is 0 Å². The molecule has 5 heteroatoms. The highest BCUT2D eigenvalue weighted by atomic mass is 16.5. The van der Waals surface area contributed by atoms with Gasteiger partial charge in [-0.15, -0.1) is 0 Å². The largest absolute Gasteiger partial charge is 0.489 e. The number of rotatable bonds is 2. The van der Waals surface area contributed by atoms with E-state index < -0.39 is 17.3 Å². The minimum Gasteiger partial charge on any atom is -0.489 e. The molecule has 3 heterocycles. The van der Waals surface area contributed by atoms with E-state index in [9.17, 15) is 9.90 Å². The van der Waals surface area contributed by atoms with Crippen molar-refractivity contribution >= 4 is 17.0 Å². The first-order valence-electron chi connectivity index (χ1n) is 9.63. The summed E-state index contributed by atoms with van der Waals surface area (Å²) in [5.41, 5.74) is 1.72. The second-order valence-electron chi connectivity index (χ2n) is 8.20. The molecule has 0 fully saturated rings. The molecule has 0 saturated heterocycles. The van der Waals surface area contributed by atoms with Crippen molar-refractivity contribution in [3.63, 3.8) is 0 Å². The highest BCUT2D eigenvalue weighted by molar-refractivity contribution is 5.97. The second-order valence-corrected chi connectivity index (χ2v) is 8.20. The first-order chi connectivity index (χ1) is 12.7. The summed E-state index contributed by atoms with van der Waals surface area (Å²) in [7, 11) is 0. The standard InChI is InChI=1S/C22H26O5/c1-6-7-13-10-15(23)26-21-16(13)20-14(8-9-22(4,5)27-20)19-17(21)18(24)11(2)12(3)25-19/h8-12,18,24H,6-7H2,1-5H3/t11-,12?,18?/m1/s1. The van der Waals surface area contributed by atoms with Crippen molar-refractivity contribution in [2.75, 3.05) is 0 Å². The van der Waals surface area contributed by atoms with Gasteiger partial charge in [0.1, 0.15) is 23.2 Å². The number of ether oxygens (including phenoxy) is 2. The minimum atomic E-state index is -0.778. The molecule has 2 unspecified atom stereocenters. The van der Waals surface area contributed by atoms with Crippen LogP contribution in [0.5, 0.6) is 11.5 Å². The van der Waals surface area contributed by atoms with Gasteiger partial charge in [-0.2, -0.15) is 0 Å². The third-order valence-electron chi connectivity index (χ3n) is 5.62. The first kappa shape index (κ1) is 18.1. The predicted octanol–water partition coefficient (Wildman–Crippen LogP) is 4.38. The van der Waals surface area contributed by atoms with Crippen molar-refractivity contribution < 1.29 is 19.0 Å². The minimum absolute atomic E-state index is 0.121. The van der Waals surface area contributed by atoms with E-state index in [4.69, 9.17) is 13.9 Å². The van der Waals surface area contributed by atoms with E-state index in [2.05, 4.69) is 6.92 Å². The smallest absolute Gasteiger partial charge is 0.336 e. The summed E-state index contributed by atoms with van der Waals surface area (Å²) < 4.78 is 18.1. The SMILES string of the molecule is CCCc1cc(=O)oc2c3c(c4c(c12)OC(C)(C)C=C4)OC(C)[C@@H](C)C3O. The highest BCUT2D eigenvalue weighted by Crippen LogP contribution is 2.52. The highest BCUT2D eigenvalue weighted by Gasteiger charge is 2.39. The molecule has 0 spiro atoms. The molecule has 4 rings (SSSR count). The molecule has 5 nitrogen and oxygen atoms in total. The van der Waals surface area contributed by atoms with E-state index in [1.54, 1.807) is 0 Å². The summed E-state index contributed by atoms with van der Waals surface area (Å²) in [6.07, 6.45) is 4.65. The molecule has 2 aromatic rings. The van der Waals surface area contributed by atoms with Crippen molar-refractivity contribution in [3.05, 3.63) is 39.3 Å². The Morgan fingerprint density at radius 3 is 2.67 bits per heavy atom. The van der Waals surface area contributed by atoms with Gasteiger partial charge < -0.3 is 19.0 Å². The van der Waals surface area contributed by atoms with Crippen molar-refractivity contribution in [1.82, 2.24) is 0 Å². The van der Waals surface area contributed by atoms with Gasteiger partial charge in [-0.3, -0.25) is 0 Å². The predicted molar refractivity (Wildman–Crippen MR) is 104 cm³/mol. The first-order valence-corrected chi connectivity index (χ1v) is 9.63. The van der Waals surface area contributed by atoms with Crippen LogP contribution in [0, 0.1) is 5.92 Å². The van der Waals surface area contributed by atoms with Crippen LogP contribution in [0.1, 0.15) is 63.8 Å². The molecular formula is C22H26O5. The zero-order chi connectivity index (χ0) is 19.5. The fourth-order valence-electron chi connectivity index (χ4n) is 3.98. The Morgan fingerprint density at radius 2 is 1.96 bits per heavy atom. The summed E-state index contributed by atoms with van der Waals surface area (Å²) in [6.45, 7) is 9.91. The van der Waals surface area contributed by atoms with E-state index in [0.717, 1.165) is 29.4 Å². The number of hydrogen-bond donors (Lipinski definition) is 1. The molecule has 3 atom stereocenters. The van der Waals surface area contributed by atoms with E-state index in [0.29, 0.717) is 22.6 Å². The monoisotopic (exact) mass is 370 g/mol. The average Bonchev–Trinajstić information content (AvgIpc) is 2.58. The van der Waals surface area contributed by atoms with Gasteiger partial charge in [-0.05, 0) is 44.9 Å². The van der Waals surface area contributed by atoms with Crippen LogP contribution >= 0.6 is 0 Å². The van der Waals surface area contributed by atoms with Crippen molar-refractivity contribution in [3.8, 4) is 11.5 Å². The van der Waals surface area contributed by atoms with Crippen molar-refractivity contribution in [2.24, 2.45) is 5.92 Å². The molecule has 2 aliphatic rings. The van der Waals surface area contributed by atoms with Crippen LogP contribution in [-0.2, 0) is 6.42 Å². The lowest BCUT2D eigenvalue weighted by atomic mass is 9.85. The Kier molecular flexibility index (Phi) is 4.11. The normalized spacial score (nSPS) is 25.5. The third kappa shape index (κ3) is 2.76. The van der Waals surface area contributed by atoms with Gasteiger partial charge in [0.2, 0.25) is 0 Å². The van der Waals surface area contributed by atoms with Gasteiger partial charge >= 0.3 is 5.63 Å². The maximum atomic E-state index is 12.3. The molecular weight excluding hydrogens is 344 g/mol. The lowest BCUT2D eigenvalue weighted by Gasteiger charge is -2.37. The lowest BCUT2D eigenvalue weighted by Crippen LogP contribution is -2.34. The number of hydrogen-bond acceptors (Lipinski definition) is 5. The third-order valence-corrected chi connectivity index (χ3v) is 5.62. The Balaban J connectivity index is 2.17. The van der Waals surface area contributed by atoms with E-state index in [1.165, 1.54) is 6.07 Å². The van der Waals surface area contributed by atoms with Crippen LogP contribution < -0.4 is 15.1 Å². The van der Waals surface area contributed by atoms with Crippen LogP contribution in [0.25, 0.3) is 17.0 Å². The second kappa shape index (κ2) is 6.13. The average molecular weight is 370 g/mol. The zero-order valence-corrected chi connectivity index (χ0v) is 16.5. The molecule has 0 radical (unpaired) electrons. The number of aryl methyl sites for hydroxylation is 1. The topological polar surface area (TPSA) is 68.9 Å². The van der Waals surface area contributed by atoms with Gasteiger partial charge in [0, 0.05) is 12.0 Å². The number of aliphatic hydroxyl groups excluding tert-OH is 1. The number of benzene rings is 1. The molecule has 1 N–H and O–H groups in total. The maximum Gasteiger partial charge on any atom is 0.336 e. The summed E-state index contributed by atoms with van der Waals surface area (Å²) in [5, 5.41) is 11.8. The van der Waals surface area contributed by atoms with Crippen LogP contribution in [0.3, 0.4) is 0 Å². The van der Waals surface area contributed by atoms with Crippen LogP contribution in [-0.4, -0.2) is 16.8 Å². The fraction of sp³-hybridized carbons (Fsp3) is 0.500. The number of aliphatic hydroxyl groups is 1. The van der Waals surface area contributed by atoms with Crippen LogP contribution in [0.2, 0.25) is 0 Å². The Labute approximate surface area is 158 Å². The summed E-state index contributed by atoms with van der Waals surface area (Å²) in [6, 6.07) is 1.54. The van der Waals surface area contributed by atoms with Gasteiger partial charge in [0.05, 0.1) is 22.6 Å². The molecule has 0 amide bonds. The zero-order valence-electron chi connectivity index (χ0n) is 16.5. The molecule has 0 bridgehead atoms. The quantitative estimate of drug-likeness (QED) is 0.795. The maximum absolute atomic E-state index is 12.3. The van der Waals surface area contributed by atoms with Crippen LogP contribution in [0.4, 0.5) is 0 Å². The fourth-order valence-corrected chi connectivity index (χ4v) is 3.98. The van der Waals surface area contributed by atoms with Crippen molar-refractivity contribution in [2.45, 2.75) is 65.3 Å². The molecule has 0 saturated carbocycles. The molecule has 0 aliphatic carbocycles. The Bertz CT molecular complexity index is 998. The van der Waals surface area contributed by atoms with Gasteiger partial charge in [-0.1, -0.05) is 20.3 Å². The molecule has 1 aromatic carbocycles. The summed E-state index contributed by atoms with van der Waals surface area (Å²) in [4.78, 5) is 12.3. The molecule has 144 valence electrons. The Hall–Kier alpha value is -2.27. The van der Waals surface area contributed by atoms with Crippen molar-refractivity contribution in [1.29, 1.82) is 0 Å². The van der Waals surface area contributed by atoms with Gasteiger partial charge in [-0.25, -0.2) is 4.79 Å². The lowest BCUT2D eigenvalue weighted by molar-refractivity contribution is 0.0173. The summed E-state index contributed by atoms with van der Waals surface area (Å²) in [5.74, 6) is 1.10. The van der Waals surface area contributed by atoms with Gasteiger partial charge in [0.15, 0.2) is 5.58 Å². The number of fused-ring (bicyclic) bond motifs is 6. The Morgan fingerprint density at radius 1 is 1.22 bits per heavy atom. The van der Waals surface area contributed by atoms with Crippen LogP contribution in [0.15, 0.2) is 21.4 Å². The van der Waals surface area contributed by atoms with E-state index in [1.807, 2.05) is 39.8 Å². The van der Waals surface area contributed by atoms with E-state index in [-0.39, 0.29) is 12.0 Å². The molecule has 2 aliphatic heterocycles. The molecule has 27 heavy (non-hydrogen) atoms. The molecule has 1 aromatic heterocycles. The van der Waals surface area contributed by atoms with Gasteiger partial charge in [0.25, 0.3) is 0 Å². The summed E-state index contributed by atoms with van der Waals surface area (Å²) >= 11 is 0.